The Morgan fingerprint density at radius 2 is 1.88 bits per heavy atom. The van der Waals surface area contributed by atoms with Crippen molar-refractivity contribution >= 4 is 17.3 Å². The quantitative estimate of drug-likeness (QED) is 0.454. The van der Waals surface area contributed by atoms with E-state index in [1.807, 2.05) is 85.8 Å². The number of benzene rings is 3. The summed E-state index contributed by atoms with van der Waals surface area (Å²) in [5.74, 6) is 0.790. The molecule has 2 atom stereocenters. The molecule has 1 heterocycles. The molecule has 0 radical (unpaired) electrons. The lowest BCUT2D eigenvalue weighted by atomic mass is 10.0. The molecule has 0 unspecified atom stereocenters. The number of aliphatic hydroxyl groups excluding tert-OH is 1. The molecule has 0 bridgehead atoms. The SMILES string of the molecule is Cc1ccccc1OC[C@@H](O)CN(Cc1cccc(Cl)c1)C[C@H]1CC(c2ccccc2)=NO1. The van der Waals surface area contributed by atoms with Crippen LogP contribution in [0.1, 0.15) is 23.1 Å². The maximum absolute atomic E-state index is 10.7. The number of hydrogen-bond acceptors (Lipinski definition) is 5. The van der Waals surface area contributed by atoms with Gasteiger partial charge in [-0.3, -0.25) is 4.90 Å². The molecule has 0 spiro atoms. The molecule has 3 aromatic rings. The van der Waals surface area contributed by atoms with Gasteiger partial charge in [0.05, 0.1) is 5.71 Å². The topological polar surface area (TPSA) is 54.3 Å². The molecule has 0 saturated heterocycles. The highest BCUT2D eigenvalue weighted by atomic mass is 35.5. The summed E-state index contributed by atoms with van der Waals surface area (Å²) in [6.45, 7) is 3.93. The van der Waals surface area contributed by atoms with Crippen LogP contribution < -0.4 is 4.74 Å². The van der Waals surface area contributed by atoms with Crippen molar-refractivity contribution in [2.24, 2.45) is 5.16 Å². The van der Waals surface area contributed by atoms with Gasteiger partial charge in [0.15, 0.2) is 0 Å². The number of aliphatic hydroxyl groups is 1. The van der Waals surface area contributed by atoms with Gasteiger partial charge in [0.25, 0.3) is 0 Å². The molecule has 4 rings (SSSR count). The zero-order chi connectivity index (χ0) is 23.0. The van der Waals surface area contributed by atoms with Gasteiger partial charge in [0.2, 0.25) is 0 Å². The Hall–Kier alpha value is -2.86. The Labute approximate surface area is 200 Å². The van der Waals surface area contributed by atoms with E-state index in [1.54, 1.807) is 0 Å². The number of hydrogen-bond donors (Lipinski definition) is 1. The Balaban J connectivity index is 1.38. The minimum absolute atomic E-state index is 0.0797. The van der Waals surface area contributed by atoms with Gasteiger partial charge in [-0.05, 0) is 41.8 Å². The lowest BCUT2D eigenvalue weighted by molar-refractivity contribution is 0.0212. The van der Waals surface area contributed by atoms with E-state index in [4.69, 9.17) is 21.2 Å². The van der Waals surface area contributed by atoms with Gasteiger partial charge in [-0.15, -0.1) is 0 Å². The maximum atomic E-state index is 10.7. The smallest absolute Gasteiger partial charge is 0.145 e. The Kier molecular flexibility index (Phi) is 8.00. The minimum atomic E-state index is -0.653. The third kappa shape index (κ3) is 6.81. The van der Waals surface area contributed by atoms with E-state index in [-0.39, 0.29) is 12.7 Å². The van der Waals surface area contributed by atoms with Crippen LogP contribution in [-0.4, -0.2) is 47.6 Å². The molecule has 0 aromatic heterocycles. The highest BCUT2D eigenvalue weighted by molar-refractivity contribution is 6.30. The molecule has 0 saturated carbocycles. The Morgan fingerprint density at radius 3 is 2.67 bits per heavy atom. The predicted molar refractivity (Wildman–Crippen MR) is 132 cm³/mol. The molecule has 1 aliphatic heterocycles. The van der Waals surface area contributed by atoms with Gasteiger partial charge >= 0.3 is 0 Å². The standard InChI is InChI=1S/C27H29ClN2O3/c1-20-8-5-6-13-27(20)32-19-24(31)17-30(16-21-9-7-12-23(28)14-21)18-25-15-26(29-33-25)22-10-3-2-4-11-22/h2-14,24-25,31H,15-19H2,1H3/t24-,25+/m0/s1. The van der Waals surface area contributed by atoms with Crippen molar-refractivity contribution in [3.05, 3.63) is 101 Å². The first-order valence-corrected chi connectivity index (χ1v) is 11.6. The van der Waals surface area contributed by atoms with Gasteiger partial charge in [-0.1, -0.05) is 77.4 Å². The second-order valence-corrected chi connectivity index (χ2v) is 8.83. The van der Waals surface area contributed by atoms with Crippen LogP contribution in [0.4, 0.5) is 0 Å². The number of oxime groups is 1. The summed E-state index contributed by atoms with van der Waals surface area (Å²) in [4.78, 5) is 7.92. The fraction of sp³-hybridized carbons (Fsp3) is 0.296. The monoisotopic (exact) mass is 464 g/mol. The van der Waals surface area contributed by atoms with Crippen molar-refractivity contribution in [2.45, 2.75) is 32.1 Å². The van der Waals surface area contributed by atoms with E-state index in [2.05, 4.69) is 10.1 Å². The van der Waals surface area contributed by atoms with Gasteiger partial charge in [0, 0.05) is 31.1 Å². The number of para-hydroxylation sites is 1. The molecule has 0 aliphatic carbocycles. The first kappa shape index (κ1) is 23.3. The first-order valence-electron chi connectivity index (χ1n) is 11.2. The number of rotatable bonds is 10. The van der Waals surface area contributed by atoms with Crippen LogP contribution in [-0.2, 0) is 11.4 Å². The molecule has 1 N–H and O–H groups in total. The van der Waals surface area contributed by atoms with E-state index in [0.717, 1.165) is 34.6 Å². The summed E-state index contributed by atoms with van der Waals surface area (Å²) < 4.78 is 5.86. The molecule has 5 nitrogen and oxygen atoms in total. The van der Waals surface area contributed by atoms with Crippen LogP contribution in [0.3, 0.4) is 0 Å². The normalized spacial score (nSPS) is 16.4. The van der Waals surface area contributed by atoms with Crippen LogP contribution in [0, 0.1) is 6.92 Å². The fourth-order valence-corrected chi connectivity index (χ4v) is 4.18. The summed E-state index contributed by atoms with van der Waals surface area (Å²) in [7, 11) is 0. The molecule has 1 aliphatic rings. The number of halogens is 1. The van der Waals surface area contributed by atoms with Crippen molar-refractivity contribution in [3.63, 3.8) is 0 Å². The highest BCUT2D eigenvalue weighted by Gasteiger charge is 2.26. The van der Waals surface area contributed by atoms with Gasteiger partial charge in [0.1, 0.15) is 24.6 Å². The molecule has 6 heteroatoms. The molecule has 172 valence electrons. The Bertz CT molecular complexity index is 1070. The van der Waals surface area contributed by atoms with E-state index in [9.17, 15) is 5.11 Å². The summed E-state index contributed by atoms with van der Waals surface area (Å²) in [6, 6.07) is 25.7. The lowest BCUT2D eigenvalue weighted by Crippen LogP contribution is -2.39. The number of ether oxygens (including phenoxy) is 1. The summed E-state index contributed by atoms with van der Waals surface area (Å²) in [6.07, 6.45) is -0.00475. The molecule has 33 heavy (non-hydrogen) atoms. The summed E-state index contributed by atoms with van der Waals surface area (Å²) >= 11 is 6.19. The van der Waals surface area contributed by atoms with Crippen LogP contribution in [0.5, 0.6) is 5.75 Å². The average molecular weight is 465 g/mol. The van der Waals surface area contributed by atoms with Crippen LogP contribution >= 0.6 is 11.6 Å². The van der Waals surface area contributed by atoms with Crippen LogP contribution in [0.25, 0.3) is 0 Å². The second-order valence-electron chi connectivity index (χ2n) is 8.39. The Morgan fingerprint density at radius 1 is 1.09 bits per heavy atom. The second kappa shape index (κ2) is 11.3. The third-order valence-electron chi connectivity index (χ3n) is 5.59. The summed E-state index contributed by atoms with van der Waals surface area (Å²) in [5, 5.41) is 15.8. The van der Waals surface area contributed by atoms with Crippen molar-refractivity contribution in [2.75, 3.05) is 19.7 Å². The average Bonchev–Trinajstić information content (AvgIpc) is 3.27. The van der Waals surface area contributed by atoms with Crippen molar-refractivity contribution in [1.29, 1.82) is 0 Å². The highest BCUT2D eigenvalue weighted by Crippen LogP contribution is 2.20. The van der Waals surface area contributed by atoms with Crippen LogP contribution in [0.2, 0.25) is 5.02 Å². The van der Waals surface area contributed by atoms with E-state index in [1.165, 1.54) is 0 Å². The number of aryl methyl sites for hydroxylation is 1. The van der Waals surface area contributed by atoms with Crippen molar-refractivity contribution < 1.29 is 14.7 Å². The third-order valence-corrected chi connectivity index (χ3v) is 5.83. The van der Waals surface area contributed by atoms with Crippen molar-refractivity contribution in [1.82, 2.24) is 4.90 Å². The molecule has 0 amide bonds. The minimum Gasteiger partial charge on any atom is -0.491 e. The lowest BCUT2D eigenvalue weighted by Gasteiger charge is -2.27. The predicted octanol–water partition coefficient (Wildman–Crippen LogP) is 5.08. The van der Waals surface area contributed by atoms with Crippen molar-refractivity contribution in [3.8, 4) is 5.75 Å². The van der Waals surface area contributed by atoms with Gasteiger partial charge in [-0.25, -0.2) is 0 Å². The molecular weight excluding hydrogens is 436 g/mol. The van der Waals surface area contributed by atoms with Gasteiger partial charge < -0.3 is 14.7 Å². The fourth-order valence-electron chi connectivity index (χ4n) is 3.97. The molecule has 0 fully saturated rings. The zero-order valence-corrected chi connectivity index (χ0v) is 19.5. The van der Waals surface area contributed by atoms with Crippen LogP contribution in [0.15, 0.2) is 84.0 Å². The van der Waals surface area contributed by atoms with E-state index < -0.39 is 6.10 Å². The molecule has 3 aromatic carbocycles. The number of nitrogens with zero attached hydrogens (tertiary/aromatic N) is 2. The summed E-state index contributed by atoms with van der Waals surface area (Å²) in [5.41, 5.74) is 4.15. The molecular formula is C27H29ClN2O3. The largest absolute Gasteiger partial charge is 0.491 e. The first-order chi connectivity index (χ1) is 16.1. The maximum Gasteiger partial charge on any atom is 0.145 e. The van der Waals surface area contributed by atoms with E-state index in [0.29, 0.717) is 24.7 Å². The van der Waals surface area contributed by atoms with Gasteiger partial charge in [-0.2, -0.15) is 0 Å². The van der Waals surface area contributed by atoms with E-state index >= 15 is 0 Å². The zero-order valence-electron chi connectivity index (χ0n) is 18.7.